The summed E-state index contributed by atoms with van der Waals surface area (Å²) in [4.78, 5) is 6.41. The van der Waals surface area contributed by atoms with Crippen LogP contribution in [-0.4, -0.2) is 53.3 Å². The molecule has 0 radical (unpaired) electrons. The van der Waals surface area contributed by atoms with Crippen LogP contribution in [0.3, 0.4) is 0 Å². The van der Waals surface area contributed by atoms with Crippen LogP contribution in [0.2, 0.25) is 0 Å². The van der Waals surface area contributed by atoms with Crippen LogP contribution in [0.15, 0.2) is 24.5 Å². The number of nitrogens with one attached hydrogen (secondary N) is 1. The molecule has 0 spiro atoms. The Hall–Kier alpha value is -0.970. The number of likely N-dealkylation sites (N-methyl/N-ethyl adjacent to an activating group) is 1. The van der Waals surface area contributed by atoms with E-state index in [2.05, 4.69) is 55.2 Å². The van der Waals surface area contributed by atoms with E-state index in [1.54, 1.807) is 0 Å². The van der Waals surface area contributed by atoms with Crippen molar-refractivity contribution < 1.29 is 5.11 Å². The first kappa shape index (κ1) is 18.1. The first-order valence-electron chi connectivity index (χ1n) is 7.96. The third-order valence-electron chi connectivity index (χ3n) is 4.15. The van der Waals surface area contributed by atoms with Gasteiger partial charge in [-0.2, -0.15) is 0 Å². The van der Waals surface area contributed by atoms with Crippen molar-refractivity contribution in [2.75, 3.05) is 26.7 Å². The highest BCUT2D eigenvalue weighted by molar-refractivity contribution is 5.09. The molecule has 21 heavy (non-hydrogen) atoms. The number of hydrogen-bond acceptors (Lipinski definition) is 4. The second-order valence-electron chi connectivity index (χ2n) is 6.28. The molecule has 0 amide bonds. The van der Waals surface area contributed by atoms with Crippen LogP contribution in [0.4, 0.5) is 0 Å². The molecular weight excluding hydrogens is 262 g/mol. The van der Waals surface area contributed by atoms with Crippen LogP contribution in [0.5, 0.6) is 0 Å². The molecule has 1 aromatic rings. The minimum Gasteiger partial charge on any atom is -0.394 e. The van der Waals surface area contributed by atoms with E-state index >= 15 is 0 Å². The maximum Gasteiger partial charge on any atom is 0.0611 e. The first-order valence-corrected chi connectivity index (χ1v) is 7.96. The van der Waals surface area contributed by atoms with Crippen LogP contribution in [0, 0.1) is 0 Å². The number of aliphatic hydroxyl groups excluding tert-OH is 1. The molecule has 1 aromatic heterocycles. The average molecular weight is 293 g/mol. The molecule has 0 aliphatic rings. The zero-order valence-corrected chi connectivity index (χ0v) is 14.0. The Morgan fingerprint density at radius 3 is 2.62 bits per heavy atom. The Morgan fingerprint density at radius 1 is 1.38 bits per heavy atom. The summed E-state index contributed by atoms with van der Waals surface area (Å²) in [5.74, 6) is 0. The summed E-state index contributed by atoms with van der Waals surface area (Å²) in [5, 5.41) is 13.1. The molecule has 2 N–H and O–H groups in total. The van der Waals surface area contributed by atoms with Gasteiger partial charge in [0.1, 0.15) is 0 Å². The van der Waals surface area contributed by atoms with Crippen LogP contribution >= 0.6 is 0 Å². The Balaban J connectivity index is 2.43. The van der Waals surface area contributed by atoms with Crippen molar-refractivity contribution in [1.82, 2.24) is 15.2 Å². The average Bonchev–Trinajstić information content (AvgIpc) is 2.51. The van der Waals surface area contributed by atoms with Crippen molar-refractivity contribution in [3.8, 4) is 0 Å². The van der Waals surface area contributed by atoms with E-state index in [0.717, 1.165) is 32.4 Å². The topological polar surface area (TPSA) is 48.4 Å². The Bertz CT molecular complexity index is 385. The standard InChI is InChI=1S/C17H31N3O/c1-5-9-19-17(3,14-21)13-15(2)20(4)12-8-16-6-10-18-11-7-16/h6-7,10-11,15,19,21H,5,8-9,12-14H2,1-4H3. The van der Waals surface area contributed by atoms with E-state index in [9.17, 15) is 5.11 Å². The lowest BCUT2D eigenvalue weighted by atomic mass is 9.93. The van der Waals surface area contributed by atoms with Crippen LogP contribution < -0.4 is 5.32 Å². The number of rotatable bonds is 10. The van der Waals surface area contributed by atoms with Crippen molar-refractivity contribution in [1.29, 1.82) is 0 Å². The summed E-state index contributed by atoms with van der Waals surface area (Å²) >= 11 is 0. The summed E-state index contributed by atoms with van der Waals surface area (Å²) in [5.41, 5.74) is 1.12. The van der Waals surface area contributed by atoms with Gasteiger partial charge in [0.05, 0.1) is 6.61 Å². The second kappa shape index (κ2) is 9.13. The van der Waals surface area contributed by atoms with Gasteiger partial charge in [-0.1, -0.05) is 6.92 Å². The molecule has 2 atom stereocenters. The van der Waals surface area contributed by atoms with E-state index in [1.165, 1.54) is 5.56 Å². The summed E-state index contributed by atoms with van der Waals surface area (Å²) in [7, 11) is 2.16. The molecule has 4 nitrogen and oxygen atoms in total. The molecule has 120 valence electrons. The third kappa shape index (κ3) is 6.55. The van der Waals surface area contributed by atoms with Crippen molar-refractivity contribution in [3.05, 3.63) is 30.1 Å². The lowest BCUT2D eigenvalue weighted by molar-refractivity contribution is 0.127. The minimum absolute atomic E-state index is 0.176. The fourth-order valence-electron chi connectivity index (χ4n) is 2.50. The van der Waals surface area contributed by atoms with Gasteiger partial charge in [0, 0.05) is 30.5 Å². The van der Waals surface area contributed by atoms with Gasteiger partial charge in [-0.25, -0.2) is 0 Å². The predicted octanol–water partition coefficient (Wildman–Crippen LogP) is 2.09. The van der Waals surface area contributed by atoms with Crippen LogP contribution in [0.25, 0.3) is 0 Å². The Labute approximate surface area is 129 Å². The fraction of sp³-hybridized carbons (Fsp3) is 0.706. The van der Waals surface area contributed by atoms with Gasteiger partial charge in [0.15, 0.2) is 0 Å². The molecular formula is C17H31N3O. The van der Waals surface area contributed by atoms with Crippen LogP contribution in [0.1, 0.15) is 39.2 Å². The molecule has 4 heteroatoms. The molecule has 0 aliphatic carbocycles. The highest BCUT2D eigenvalue weighted by Crippen LogP contribution is 2.15. The smallest absolute Gasteiger partial charge is 0.0611 e. The number of aliphatic hydroxyl groups is 1. The quantitative estimate of drug-likeness (QED) is 0.693. The minimum atomic E-state index is -0.194. The number of hydrogen-bond donors (Lipinski definition) is 2. The van der Waals surface area contributed by atoms with E-state index in [4.69, 9.17) is 0 Å². The summed E-state index contributed by atoms with van der Waals surface area (Å²) < 4.78 is 0. The lowest BCUT2D eigenvalue weighted by Crippen LogP contribution is -2.50. The van der Waals surface area contributed by atoms with Gasteiger partial charge in [-0.05, 0) is 64.4 Å². The molecule has 2 unspecified atom stereocenters. The molecule has 1 heterocycles. The second-order valence-corrected chi connectivity index (χ2v) is 6.28. The Kier molecular flexibility index (Phi) is 7.86. The zero-order chi connectivity index (χ0) is 15.7. The van der Waals surface area contributed by atoms with Crippen molar-refractivity contribution >= 4 is 0 Å². The van der Waals surface area contributed by atoms with Crippen molar-refractivity contribution in [3.63, 3.8) is 0 Å². The third-order valence-corrected chi connectivity index (χ3v) is 4.15. The SMILES string of the molecule is CCCNC(C)(CO)CC(C)N(C)CCc1ccncc1. The number of pyridine rings is 1. The van der Waals surface area contributed by atoms with E-state index in [-0.39, 0.29) is 12.1 Å². The monoisotopic (exact) mass is 293 g/mol. The largest absolute Gasteiger partial charge is 0.394 e. The lowest BCUT2D eigenvalue weighted by Gasteiger charge is -2.35. The highest BCUT2D eigenvalue weighted by atomic mass is 16.3. The van der Waals surface area contributed by atoms with Gasteiger partial charge in [-0.15, -0.1) is 0 Å². The van der Waals surface area contributed by atoms with Crippen LogP contribution in [-0.2, 0) is 6.42 Å². The van der Waals surface area contributed by atoms with Crippen molar-refractivity contribution in [2.24, 2.45) is 0 Å². The van der Waals surface area contributed by atoms with Crippen molar-refractivity contribution in [2.45, 2.75) is 51.6 Å². The first-order chi connectivity index (χ1) is 10.0. The van der Waals surface area contributed by atoms with Gasteiger partial charge < -0.3 is 15.3 Å². The molecule has 0 bridgehead atoms. The van der Waals surface area contributed by atoms with E-state index in [0.29, 0.717) is 6.04 Å². The molecule has 1 rings (SSSR count). The fourth-order valence-corrected chi connectivity index (χ4v) is 2.50. The predicted molar refractivity (Wildman–Crippen MR) is 88.4 cm³/mol. The normalized spacial score (nSPS) is 15.9. The highest BCUT2D eigenvalue weighted by Gasteiger charge is 2.26. The molecule has 0 saturated carbocycles. The number of nitrogens with zero attached hydrogens (tertiary/aromatic N) is 2. The summed E-state index contributed by atoms with van der Waals surface area (Å²) in [6, 6.07) is 4.56. The maximum absolute atomic E-state index is 9.66. The zero-order valence-electron chi connectivity index (χ0n) is 14.0. The molecule has 0 aromatic carbocycles. The molecule has 0 saturated heterocycles. The maximum atomic E-state index is 9.66. The van der Waals surface area contributed by atoms with Gasteiger partial charge in [0.2, 0.25) is 0 Å². The van der Waals surface area contributed by atoms with E-state index < -0.39 is 0 Å². The molecule has 0 fully saturated rings. The van der Waals surface area contributed by atoms with Gasteiger partial charge in [0.25, 0.3) is 0 Å². The summed E-state index contributed by atoms with van der Waals surface area (Å²) in [6.07, 6.45) is 6.74. The van der Waals surface area contributed by atoms with E-state index in [1.807, 2.05) is 12.4 Å². The molecule has 0 aliphatic heterocycles. The summed E-state index contributed by atoms with van der Waals surface area (Å²) in [6.45, 7) is 8.62. The van der Waals surface area contributed by atoms with Gasteiger partial charge >= 0.3 is 0 Å². The van der Waals surface area contributed by atoms with Gasteiger partial charge in [-0.3, -0.25) is 4.98 Å². The Morgan fingerprint density at radius 2 is 2.05 bits per heavy atom. The number of aromatic nitrogens is 1.